The Labute approximate surface area is 119 Å². The van der Waals surface area contributed by atoms with Crippen molar-refractivity contribution in [2.45, 2.75) is 19.3 Å². The number of amides is 2. The Kier molecular flexibility index (Phi) is 11.9. The average Bonchev–Trinajstić information content (AvgIpc) is 2.45. The number of rotatable bonds is 10. The number of carbonyl (C=O) groups excluding carboxylic acids is 2. The van der Waals surface area contributed by atoms with Crippen molar-refractivity contribution in [1.29, 1.82) is 0 Å². The quantitative estimate of drug-likeness (QED) is 0.352. The zero-order valence-electron chi connectivity index (χ0n) is 12.4. The third kappa shape index (κ3) is 9.60. The number of ether oxygens (including phenoxy) is 3. The summed E-state index contributed by atoms with van der Waals surface area (Å²) in [5, 5.41) is 2.50. The van der Waals surface area contributed by atoms with Crippen molar-refractivity contribution in [3.8, 4) is 0 Å². The minimum Gasteiger partial charge on any atom is -0.385 e. The van der Waals surface area contributed by atoms with E-state index >= 15 is 0 Å². The molecule has 0 saturated heterocycles. The van der Waals surface area contributed by atoms with Crippen LogP contribution in [0.4, 0.5) is 0 Å². The predicted octanol–water partition coefficient (Wildman–Crippen LogP) is 0.180. The first-order chi connectivity index (χ1) is 9.65. The van der Waals surface area contributed by atoms with Crippen LogP contribution in [0.2, 0.25) is 0 Å². The van der Waals surface area contributed by atoms with Gasteiger partial charge in [-0.2, -0.15) is 0 Å². The highest BCUT2D eigenvalue weighted by Crippen LogP contribution is 1.96. The van der Waals surface area contributed by atoms with Gasteiger partial charge in [-0.05, 0) is 6.42 Å². The second-order valence-corrected chi connectivity index (χ2v) is 4.07. The lowest BCUT2D eigenvalue weighted by molar-refractivity contribution is -0.137. The Hall–Kier alpha value is -1.31. The first-order valence-corrected chi connectivity index (χ1v) is 6.51. The van der Waals surface area contributed by atoms with E-state index in [0.717, 1.165) is 0 Å². The second-order valence-electron chi connectivity index (χ2n) is 4.07. The third-order valence-electron chi connectivity index (χ3n) is 2.45. The maximum atomic E-state index is 11.6. The van der Waals surface area contributed by atoms with E-state index < -0.39 is 11.8 Å². The van der Waals surface area contributed by atoms with Crippen molar-refractivity contribution < 1.29 is 23.8 Å². The van der Waals surface area contributed by atoms with Crippen molar-refractivity contribution in [3.05, 3.63) is 0 Å². The van der Waals surface area contributed by atoms with Crippen molar-refractivity contribution in [2.75, 3.05) is 47.7 Å². The molecule has 0 aromatic heterocycles. The molecule has 20 heavy (non-hydrogen) atoms. The van der Waals surface area contributed by atoms with Crippen LogP contribution in [0.25, 0.3) is 0 Å². The van der Waals surface area contributed by atoms with Crippen LogP contribution in [-0.2, 0) is 23.8 Å². The molecule has 1 N–H and O–H groups in total. The highest BCUT2D eigenvalue weighted by atomic mass is 16.5. The van der Waals surface area contributed by atoms with Gasteiger partial charge < -0.3 is 19.5 Å². The highest BCUT2D eigenvalue weighted by molar-refractivity contribution is 6.37. The van der Waals surface area contributed by atoms with E-state index in [2.05, 4.69) is 10.3 Å². The molecule has 0 heterocycles. The van der Waals surface area contributed by atoms with Gasteiger partial charge in [-0.25, -0.2) is 4.99 Å². The summed E-state index contributed by atoms with van der Waals surface area (Å²) in [5.74, 6) is -1.49. The monoisotopic (exact) mass is 288 g/mol. The number of hydrogen-bond acceptors (Lipinski definition) is 5. The number of aliphatic imine (C=N–C) groups is 1. The lowest BCUT2D eigenvalue weighted by Crippen LogP contribution is -2.31. The first kappa shape index (κ1) is 18.7. The molecule has 0 aliphatic carbocycles. The molecule has 0 aliphatic heterocycles. The van der Waals surface area contributed by atoms with E-state index in [-0.39, 0.29) is 0 Å². The largest absolute Gasteiger partial charge is 0.385 e. The Morgan fingerprint density at radius 3 is 2.00 bits per heavy atom. The van der Waals surface area contributed by atoms with Gasteiger partial charge in [0.25, 0.3) is 0 Å². The molecule has 0 rings (SSSR count). The van der Waals surface area contributed by atoms with Gasteiger partial charge in [0.1, 0.15) is 0 Å². The van der Waals surface area contributed by atoms with Crippen LogP contribution in [0.5, 0.6) is 0 Å². The fraction of sp³-hybridized carbons (Fsp3) is 0.769. The van der Waals surface area contributed by atoms with Gasteiger partial charge in [-0.3, -0.25) is 9.59 Å². The van der Waals surface area contributed by atoms with Crippen LogP contribution in [0.3, 0.4) is 0 Å². The Morgan fingerprint density at radius 2 is 1.50 bits per heavy atom. The van der Waals surface area contributed by atoms with E-state index in [1.54, 1.807) is 21.3 Å². The van der Waals surface area contributed by atoms with Gasteiger partial charge in [0.05, 0.1) is 13.2 Å². The minimum atomic E-state index is -0.787. The molecule has 0 aromatic rings. The molecule has 7 heteroatoms. The standard InChI is InChI=1S/C13H24N2O5/c1-18-8-4-7-14-12(16)13(17)15-11(5-9-19-2)6-10-20-3/h4-10H2,1-3H3,(H,14,16). The highest BCUT2D eigenvalue weighted by Gasteiger charge is 2.13. The summed E-state index contributed by atoms with van der Waals surface area (Å²) >= 11 is 0. The van der Waals surface area contributed by atoms with E-state index in [1.165, 1.54) is 0 Å². The number of hydrogen-bond donors (Lipinski definition) is 1. The summed E-state index contributed by atoms with van der Waals surface area (Å²) in [4.78, 5) is 27.0. The van der Waals surface area contributed by atoms with Gasteiger partial charge in [-0.15, -0.1) is 0 Å². The smallest absolute Gasteiger partial charge is 0.334 e. The summed E-state index contributed by atoms with van der Waals surface area (Å²) in [6.45, 7) is 1.82. The zero-order chi connectivity index (χ0) is 15.2. The lowest BCUT2D eigenvalue weighted by Gasteiger charge is -2.06. The van der Waals surface area contributed by atoms with Gasteiger partial charge in [-0.1, -0.05) is 0 Å². The minimum absolute atomic E-state index is 0.388. The van der Waals surface area contributed by atoms with Crippen LogP contribution in [0, 0.1) is 0 Å². The van der Waals surface area contributed by atoms with Crippen LogP contribution in [0.15, 0.2) is 4.99 Å². The summed E-state index contributed by atoms with van der Waals surface area (Å²) in [6.07, 6.45) is 1.66. The lowest BCUT2D eigenvalue weighted by atomic mass is 10.2. The van der Waals surface area contributed by atoms with Crippen molar-refractivity contribution in [1.82, 2.24) is 5.32 Å². The molecule has 0 fully saturated rings. The van der Waals surface area contributed by atoms with Crippen molar-refractivity contribution in [2.24, 2.45) is 4.99 Å². The maximum absolute atomic E-state index is 11.6. The molecule has 116 valence electrons. The maximum Gasteiger partial charge on any atom is 0.334 e. The second kappa shape index (κ2) is 12.7. The molecule has 0 radical (unpaired) electrons. The van der Waals surface area contributed by atoms with Crippen LogP contribution in [-0.4, -0.2) is 65.2 Å². The molecular formula is C13H24N2O5. The molecule has 7 nitrogen and oxygen atoms in total. The first-order valence-electron chi connectivity index (χ1n) is 6.51. The summed E-state index contributed by atoms with van der Waals surface area (Å²) in [7, 11) is 4.71. The van der Waals surface area contributed by atoms with Crippen LogP contribution >= 0.6 is 0 Å². The normalized spacial score (nSPS) is 10.2. The predicted molar refractivity (Wildman–Crippen MR) is 74.9 cm³/mol. The Bertz CT molecular complexity index is 308. The topological polar surface area (TPSA) is 86.2 Å². The van der Waals surface area contributed by atoms with Gasteiger partial charge in [0.2, 0.25) is 0 Å². The number of nitrogens with zero attached hydrogens (tertiary/aromatic N) is 1. The third-order valence-corrected chi connectivity index (χ3v) is 2.45. The number of nitrogens with one attached hydrogen (secondary N) is 1. The van der Waals surface area contributed by atoms with Crippen molar-refractivity contribution in [3.63, 3.8) is 0 Å². The molecule has 0 saturated carbocycles. The fourth-order valence-corrected chi connectivity index (χ4v) is 1.36. The molecule has 0 aliphatic rings. The average molecular weight is 288 g/mol. The zero-order valence-corrected chi connectivity index (χ0v) is 12.4. The summed E-state index contributed by atoms with van der Waals surface area (Å²) < 4.78 is 14.7. The Morgan fingerprint density at radius 1 is 0.950 bits per heavy atom. The van der Waals surface area contributed by atoms with E-state index in [9.17, 15) is 9.59 Å². The molecule has 2 amide bonds. The van der Waals surface area contributed by atoms with Crippen LogP contribution in [0.1, 0.15) is 19.3 Å². The SMILES string of the molecule is COCCCNC(=O)C(=O)N=C(CCOC)CCOC. The van der Waals surface area contributed by atoms with E-state index in [1.807, 2.05) is 0 Å². The van der Waals surface area contributed by atoms with E-state index in [4.69, 9.17) is 14.2 Å². The van der Waals surface area contributed by atoms with Gasteiger partial charge in [0.15, 0.2) is 0 Å². The molecule has 0 aromatic carbocycles. The Balaban J connectivity index is 4.28. The number of methoxy groups -OCH3 is 3. The molecule has 0 spiro atoms. The summed E-state index contributed by atoms with van der Waals surface area (Å²) in [6, 6.07) is 0. The molecule has 0 atom stereocenters. The van der Waals surface area contributed by atoms with Crippen molar-refractivity contribution >= 4 is 17.5 Å². The van der Waals surface area contributed by atoms with Gasteiger partial charge in [0, 0.05) is 53.0 Å². The fourth-order valence-electron chi connectivity index (χ4n) is 1.36. The van der Waals surface area contributed by atoms with Crippen LogP contribution < -0.4 is 5.32 Å². The van der Waals surface area contributed by atoms with E-state index in [0.29, 0.717) is 51.3 Å². The summed E-state index contributed by atoms with van der Waals surface area (Å²) in [5.41, 5.74) is 0.603. The molecule has 0 unspecified atom stereocenters. The van der Waals surface area contributed by atoms with Gasteiger partial charge >= 0.3 is 11.8 Å². The molecular weight excluding hydrogens is 264 g/mol. The number of carbonyl (C=O) groups is 2. The molecule has 0 bridgehead atoms.